The number of carboxylic acids is 1. The number of amides is 2. The molecular weight excluding hydrogens is 248 g/mol. The molecule has 0 atom stereocenters. The molecule has 0 fully saturated rings. The largest absolute Gasteiger partial charge is 0.480 e. The average molecular weight is 272 g/mol. The normalized spacial score (nSPS) is 10.9. The molecule has 0 aromatic rings. The van der Waals surface area contributed by atoms with Gasteiger partial charge in [0.2, 0.25) is 0 Å². The summed E-state index contributed by atoms with van der Waals surface area (Å²) in [6, 6.07) is -0.327. The number of aliphatic carboxylic acids is 1. The van der Waals surface area contributed by atoms with Crippen molar-refractivity contribution in [3.63, 3.8) is 0 Å². The zero-order valence-electron chi connectivity index (χ0n) is 12.2. The smallest absolute Gasteiger partial charge is 0.329 e. The van der Waals surface area contributed by atoms with Gasteiger partial charge in [0, 0.05) is 26.7 Å². The van der Waals surface area contributed by atoms with Gasteiger partial charge in [0.25, 0.3) is 0 Å². The van der Waals surface area contributed by atoms with E-state index in [1.54, 1.807) is 20.1 Å². The number of methoxy groups -OCH3 is 1. The maximum atomic E-state index is 12.4. The standard InChI is InChI=1S/C13H24N2O4/c1-6-8-14(9-10-19-5)12(18)15(7-2)13(3,4)11(16)17/h6H,1,7-10H2,2-5H3,(H,16,17). The molecule has 0 aromatic carbocycles. The van der Waals surface area contributed by atoms with Crippen LogP contribution in [0.1, 0.15) is 20.8 Å². The summed E-state index contributed by atoms with van der Waals surface area (Å²) in [5.74, 6) is -1.03. The lowest BCUT2D eigenvalue weighted by Gasteiger charge is -2.37. The summed E-state index contributed by atoms with van der Waals surface area (Å²) in [7, 11) is 1.55. The lowest BCUT2D eigenvalue weighted by atomic mass is 10.0. The summed E-state index contributed by atoms with van der Waals surface area (Å²) in [6.07, 6.45) is 1.61. The summed E-state index contributed by atoms with van der Waals surface area (Å²) in [5, 5.41) is 9.22. The first-order valence-electron chi connectivity index (χ1n) is 6.22. The molecule has 0 rings (SSSR count). The highest BCUT2D eigenvalue weighted by molar-refractivity contribution is 5.85. The Kier molecular flexibility index (Phi) is 7.14. The van der Waals surface area contributed by atoms with Gasteiger partial charge in [-0.15, -0.1) is 6.58 Å². The van der Waals surface area contributed by atoms with Gasteiger partial charge in [-0.05, 0) is 20.8 Å². The Morgan fingerprint density at radius 2 is 2.00 bits per heavy atom. The molecule has 6 nitrogen and oxygen atoms in total. The second kappa shape index (κ2) is 7.78. The van der Waals surface area contributed by atoms with Crippen molar-refractivity contribution >= 4 is 12.0 Å². The number of urea groups is 1. The SMILES string of the molecule is C=CCN(CCOC)C(=O)N(CC)C(C)(C)C(=O)O. The Morgan fingerprint density at radius 1 is 1.42 bits per heavy atom. The monoisotopic (exact) mass is 272 g/mol. The Labute approximate surface area is 114 Å². The lowest BCUT2D eigenvalue weighted by molar-refractivity contribution is -0.147. The van der Waals surface area contributed by atoms with E-state index in [2.05, 4.69) is 6.58 Å². The van der Waals surface area contributed by atoms with E-state index < -0.39 is 11.5 Å². The number of nitrogens with zero attached hydrogens (tertiary/aromatic N) is 2. The van der Waals surface area contributed by atoms with Crippen LogP contribution in [0, 0.1) is 0 Å². The molecule has 0 aliphatic carbocycles. The van der Waals surface area contributed by atoms with E-state index in [1.807, 2.05) is 0 Å². The van der Waals surface area contributed by atoms with Crippen LogP contribution >= 0.6 is 0 Å². The van der Waals surface area contributed by atoms with Crippen molar-refractivity contribution < 1.29 is 19.4 Å². The van der Waals surface area contributed by atoms with Crippen molar-refractivity contribution in [3.8, 4) is 0 Å². The van der Waals surface area contributed by atoms with Crippen LogP contribution in [0.15, 0.2) is 12.7 Å². The summed E-state index contributed by atoms with van der Waals surface area (Å²) in [6.45, 7) is 9.85. The zero-order valence-corrected chi connectivity index (χ0v) is 12.2. The Morgan fingerprint density at radius 3 is 2.37 bits per heavy atom. The molecule has 19 heavy (non-hydrogen) atoms. The highest BCUT2D eigenvalue weighted by Gasteiger charge is 2.38. The molecule has 0 aliphatic rings. The summed E-state index contributed by atoms with van der Waals surface area (Å²) >= 11 is 0. The fourth-order valence-corrected chi connectivity index (χ4v) is 1.68. The molecule has 0 bridgehead atoms. The number of rotatable bonds is 8. The topological polar surface area (TPSA) is 70.1 Å². The first kappa shape index (κ1) is 17.4. The van der Waals surface area contributed by atoms with Crippen LogP contribution in [0.3, 0.4) is 0 Å². The second-order valence-corrected chi connectivity index (χ2v) is 4.62. The van der Waals surface area contributed by atoms with Crippen molar-refractivity contribution in [2.75, 3.05) is 33.4 Å². The third-order valence-electron chi connectivity index (χ3n) is 2.93. The van der Waals surface area contributed by atoms with Crippen LogP contribution in [0.5, 0.6) is 0 Å². The molecule has 0 aliphatic heterocycles. The predicted molar refractivity (Wildman–Crippen MR) is 73.1 cm³/mol. The van der Waals surface area contributed by atoms with Crippen LogP contribution in [0.25, 0.3) is 0 Å². The Bertz CT molecular complexity index is 329. The van der Waals surface area contributed by atoms with Gasteiger partial charge in [0.15, 0.2) is 0 Å². The van der Waals surface area contributed by atoms with Crippen molar-refractivity contribution in [2.45, 2.75) is 26.3 Å². The zero-order chi connectivity index (χ0) is 15.1. The fourth-order valence-electron chi connectivity index (χ4n) is 1.68. The minimum atomic E-state index is -1.25. The van der Waals surface area contributed by atoms with E-state index in [4.69, 9.17) is 4.74 Å². The summed E-state index contributed by atoms with van der Waals surface area (Å²) in [5.41, 5.74) is -1.25. The van der Waals surface area contributed by atoms with Gasteiger partial charge in [-0.1, -0.05) is 6.08 Å². The number of ether oxygens (including phenoxy) is 1. The van der Waals surface area contributed by atoms with E-state index in [-0.39, 0.29) is 6.03 Å². The van der Waals surface area contributed by atoms with Crippen molar-refractivity contribution in [1.29, 1.82) is 0 Å². The highest BCUT2D eigenvalue weighted by atomic mass is 16.5. The van der Waals surface area contributed by atoms with Crippen molar-refractivity contribution in [1.82, 2.24) is 9.80 Å². The molecular formula is C13H24N2O4. The van der Waals surface area contributed by atoms with Crippen LogP contribution in [0.4, 0.5) is 4.79 Å². The van der Waals surface area contributed by atoms with Gasteiger partial charge in [-0.3, -0.25) is 0 Å². The minimum absolute atomic E-state index is 0.318. The van der Waals surface area contributed by atoms with E-state index >= 15 is 0 Å². The quantitative estimate of drug-likeness (QED) is 0.679. The number of hydrogen-bond donors (Lipinski definition) is 1. The third-order valence-corrected chi connectivity index (χ3v) is 2.93. The Balaban J connectivity index is 5.06. The van der Waals surface area contributed by atoms with Gasteiger partial charge in [0.1, 0.15) is 5.54 Å². The number of carbonyl (C=O) groups excluding carboxylic acids is 1. The molecule has 0 saturated carbocycles. The second-order valence-electron chi connectivity index (χ2n) is 4.62. The molecule has 0 unspecified atom stereocenters. The minimum Gasteiger partial charge on any atom is -0.480 e. The van der Waals surface area contributed by atoms with Gasteiger partial charge in [-0.2, -0.15) is 0 Å². The average Bonchev–Trinajstić information content (AvgIpc) is 2.34. The molecule has 6 heteroatoms. The lowest BCUT2D eigenvalue weighted by Crippen LogP contribution is -2.57. The van der Waals surface area contributed by atoms with Crippen molar-refractivity contribution in [3.05, 3.63) is 12.7 Å². The number of carbonyl (C=O) groups is 2. The highest BCUT2D eigenvalue weighted by Crippen LogP contribution is 2.17. The summed E-state index contributed by atoms with van der Waals surface area (Å²) < 4.78 is 4.95. The fraction of sp³-hybridized carbons (Fsp3) is 0.692. The van der Waals surface area contributed by atoms with Crippen LogP contribution in [0.2, 0.25) is 0 Å². The maximum Gasteiger partial charge on any atom is 0.329 e. The van der Waals surface area contributed by atoms with E-state index in [1.165, 1.54) is 23.6 Å². The van der Waals surface area contributed by atoms with E-state index in [9.17, 15) is 14.7 Å². The van der Waals surface area contributed by atoms with E-state index in [0.29, 0.717) is 26.2 Å². The predicted octanol–water partition coefficient (Wildman–Crippen LogP) is 1.43. The van der Waals surface area contributed by atoms with Crippen LogP contribution in [-0.4, -0.2) is 65.8 Å². The first-order valence-corrected chi connectivity index (χ1v) is 6.22. The number of hydrogen-bond acceptors (Lipinski definition) is 3. The first-order chi connectivity index (χ1) is 8.82. The van der Waals surface area contributed by atoms with Crippen LogP contribution < -0.4 is 0 Å². The maximum absolute atomic E-state index is 12.4. The molecule has 2 amide bonds. The third kappa shape index (κ3) is 4.55. The van der Waals surface area contributed by atoms with Gasteiger partial charge in [0.05, 0.1) is 6.61 Å². The molecule has 1 N–H and O–H groups in total. The molecule has 0 radical (unpaired) electrons. The molecule has 0 heterocycles. The molecule has 110 valence electrons. The van der Waals surface area contributed by atoms with Crippen molar-refractivity contribution in [2.24, 2.45) is 0 Å². The van der Waals surface area contributed by atoms with Gasteiger partial charge < -0.3 is 19.6 Å². The number of carboxylic acid groups (broad SMARTS) is 1. The summed E-state index contributed by atoms with van der Waals surface area (Å²) in [4.78, 5) is 26.5. The molecule has 0 aromatic heterocycles. The van der Waals surface area contributed by atoms with Crippen LogP contribution in [-0.2, 0) is 9.53 Å². The molecule has 0 spiro atoms. The number of likely N-dealkylation sites (N-methyl/N-ethyl adjacent to an activating group) is 1. The van der Waals surface area contributed by atoms with Gasteiger partial charge in [-0.25, -0.2) is 9.59 Å². The Hall–Kier alpha value is -1.56. The van der Waals surface area contributed by atoms with Gasteiger partial charge >= 0.3 is 12.0 Å². The van der Waals surface area contributed by atoms with E-state index in [0.717, 1.165) is 0 Å². The molecule has 0 saturated heterocycles.